The molecule has 2 rings (SSSR count). The SMILES string of the molecule is CCNC(=NCCCN1CCCC1=O)N1CCC(C(CC)CC)C1.I. The van der Waals surface area contributed by atoms with Gasteiger partial charge in [0.25, 0.3) is 0 Å². The largest absolute Gasteiger partial charge is 0.357 e. The number of nitrogens with one attached hydrogen (secondary N) is 1. The van der Waals surface area contributed by atoms with Gasteiger partial charge in [-0.1, -0.05) is 26.7 Å². The average Bonchev–Trinajstić information content (AvgIpc) is 3.21. The number of halogens is 1. The second-order valence-electron chi connectivity index (χ2n) is 7.14. The van der Waals surface area contributed by atoms with Crippen LogP contribution in [0.1, 0.15) is 59.3 Å². The van der Waals surface area contributed by atoms with E-state index < -0.39 is 0 Å². The Balaban J connectivity index is 0.00000312. The van der Waals surface area contributed by atoms with Gasteiger partial charge in [-0.15, -0.1) is 24.0 Å². The zero-order valence-corrected chi connectivity index (χ0v) is 18.6. The number of carbonyl (C=O) groups excluding carboxylic acids is 1. The Morgan fingerprint density at radius 1 is 1.28 bits per heavy atom. The Bertz CT molecular complexity index is 426. The molecule has 1 atom stereocenters. The molecule has 2 heterocycles. The Morgan fingerprint density at radius 3 is 2.64 bits per heavy atom. The highest BCUT2D eigenvalue weighted by atomic mass is 127. The van der Waals surface area contributed by atoms with E-state index in [-0.39, 0.29) is 24.0 Å². The van der Waals surface area contributed by atoms with Gasteiger partial charge < -0.3 is 15.1 Å². The topological polar surface area (TPSA) is 47.9 Å². The van der Waals surface area contributed by atoms with Crippen LogP contribution in [0.4, 0.5) is 0 Å². The monoisotopic (exact) mass is 464 g/mol. The first kappa shape index (κ1) is 22.5. The van der Waals surface area contributed by atoms with Crippen LogP contribution >= 0.6 is 24.0 Å². The van der Waals surface area contributed by atoms with Gasteiger partial charge in [-0.3, -0.25) is 9.79 Å². The number of nitrogens with zero attached hydrogens (tertiary/aromatic N) is 3. The molecule has 5 nitrogen and oxygen atoms in total. The molecule has 146 valence electrons. The third kappa shape index (κ3) is 6.61. The summed E-state index contributed by atoms with van der Waals surface area (Å²) < 4.78 is 0. The molecule has 0 aromatic heterocycles. The van der Waals surface area contributed by atoms with E-state index in [0.29, 0.717) is 5.91 Å². The fourth-order valence-electron chi connectivity index (χ4n) is 4.13. The second-order valence-corrected chi connectivity index (χ2v) is 7.14. The summed E-state index contributed by atoms with van der Waals surface area (Å²) in [6.07, 6.45) is 6.58. The number of aliphatic imine (C=N–C) groups is 1. The summed E-state index contributed by atoms with van der Waals surface area (Å²) in [4.78, 5) is 20.9. The van der Waals surface area contributed by atoms with E-state index in [4.69, 9.17) is 4.99 Å². The van der Waals surface area contributed by atoms with Crippen molar-refractivity contribution in [2.45, 2.75) is 59.3 Å². The Labute approximate surface area is 171 Å². The molecular formula is C19H37IN4O. The van der Waals surface area contributed by atoms with Crippen molar-refractivity contribution in [3.05, 3.63) is 0 Å². The molecule has 1 unspecified atom stereocenters. The van der Waals surface area contributed by atoms with Crippen LogP contribution in [0, 0.1) is 11.8 Å². The lowest BCUT2D eigenvalue weighted by atomic mass is 9.87. The van der Waals surface area contributed by atoms with E-state index >= 15 is 0 Å². The molecule has 0 aliphatic carbocycles. The number of likely N-dealkylation sites (tertiary alicyclic amines) is 2. The number of hydrogen-bond donors (Lipinski definition) is 1. The molecule has 0 bridgehead atoms. The Kier molecular flexibility index (Phi) is 10.8. The van der Waals surface area contributed by atoms with Crippen molar-refractivity contribution in [1.29, 1.82) is 0 Å². The van der Waals surface area contributed by atoms with E-state index in [2.05, 4.69) is 31.0 Å². The molecule has 25 heavy (non-hydrogen) atoms. The summed E-state index contributed by atoms with van der Waals surface area (Å²) in [5.41, 5.74) is 0. The lowest BCUT2D eigenvalue weighted by molar-refractivity contribution is -0.127. The van der Waals surface area contributed by atoms with Gasteiger partial charge in [-0.2, -0.15) is 0 Å². The molecule has 2 aliphatic rings. The Morgan fingerprint density at radius 2 is 2.04 bits per heavy atom. The molecule has 1 amide bonds. The molecule has 2 aliphatic heterocycles. The first-order valence-corrected chi connectivity index (χ1v) is 10.0. The fraction of sp³-hybridized carbons (Fsp3) is 0.895. The van der Waals surface area contributed by atoms with Crippen LogP contribution in [-0.2, 0) is 4.79 Å². The van der Waals surface area contributed by atoms with E-state index in [1.165, 1.54) is 19.3 Å². The highest BCUT2D eigenvalue weighted by Crippen LogP contribution is 2.28. The van der Waals surface area contributed by atoms with Gasteiger partial charge in [0.1, 0.15) is 0 Å². The number of rotatable bonds is 8. The Hall–Kier alpha value is -0.530. The maximum Gasteiger partial charge on any atom is 0.222 e. The molecule has 0 aromatic rings. The minimum atomic E-state index is 0. The molecule has 0 radical (unpaired) electrons. The van der Waals surface area contributed by atoms with Crippen LogP contribution in [0.3, 0.4) is 0 Å². The molecule has 2 saturated heterocycles. The van der Waals surface area contributed by atoms with Gasteiger partial charge in [0.15, 0.2) is 5.96 Å². The first-order valence-electron chi connectivity index (χ1n) is 10.0. The van der Waals surface area contributed by atoms with Gasteiger partial charge in [0.05, 0.1) is 0 Å². The van der Waals surface area contributed by atoms with Crippen molar-refractivity contribution < 1.29 is 4.79 Å². The highest BCUT2D eigenvalue weighted by molar-refractivity contribution is 14.0. The van der Waals surface area contributed by atoms with Crippen LogP contribution < -0.4 is 5.32 Å². The van der Waals surface area contributed by atoms with Gasteiger partial charge >= 0.3 is 0 Å². The fourth-order valence-corrected chi connectivity index (χ4v) is 4.13. The molecule has 2 fully saturated rings. The summed E-state index contributed by atoms with van der Waals surface area (Å²) in [6, 6.07) is 0. The quantitative estimate of drug-likeness (QED) is 0.260. The number of amides is 1. The van der Waals surface area contributed by atoms with Crippen molar-refractivity contribution in [1.82, 2.24) is 15.1 Å². The van der Waals surface area contributed by atoms with Crippen LogP contribution in [0.5, 0.6) is 0 Å². The summed E-state index contributed by atoms with van der Waals surface area (Å²) in [5, 5.41) is 3.45. The van der Waals surface area contributed by atoms with Crippen LogP contribution in [0.25, 0.3) is 0 Å². The van der Waals surface area contributed by atoms with Crippen LogP contribution in [0.15, 0.2) is 4.99 Å². The van der Waals surface area contributed by atoms with Gasteiger partial charge in [-0.25, -0.2) is 0 Å². The third-order valence-electron chi connectivity index (χ3n) is 5.59. The maximum atomic E-state index is 11.6. The van der Waals surface area contributed by atoms with E-state index in [9.17, 15) is 4.79 Å². The lowest BCUT2D eigenvalue weighted by Gasteiger charge is -2.24. The number of guanidine groups is 1. The van der Waals surface area contributed by atoms with Crippen LogP contribution in [0.2, 0.25) is 0 Å². The standard InChI is InChI=1S/C19H36N4O.HI/c1-4-16(5-2)17-10-14-23(15-17)19(20-6-3)21-11-8-13-22-12-7-9-18(22)24;/h16-17H,4-15H2,1-3H3,(H,20,21);1H. The maximum absolute atomic E-state index is 11.6. The molecule has 0 saturated carbocycles. The minimum absolute atomic E-state index is 0. The van der Waals surface area contributed by atoms with Gasteiger partial charge in [0, 0.05) is 45.7 Å². The summed E-state index contributed by atoms with van der Waals surface area (Å²) in [5.74, 6) is 3.04. The van der Waals surface area contributed by atoms with E-state index in [1.807, 2.05) is 4.90 Å². The normalized spacial score (nSPS) is 21.2. The minimum Gasteiger partial charge on any atom is -0.357 e. The third-order valence-corrected chi connectivity index (χ3v) is 5.59. The average molecular weight is 464 g/mol. The van der Waals surface area contributed by atoms with Gasteiger partial charge in [0.2, 0.25) is 5.91 Å². The first-order chi connectivity index (χ1) is 11.7. The summed E-state index contributed by atoms with van der Waals surface area (Å²) in [7, 11) is 0. The number of carbonyl (C=O) groups is 1. The van der Waals surface area contributed by atoms with Crippen LogP contribution in [-0.4, -0.2) is 60.9 Å². The van der Waals surface area contributed by atoms with Crippen molar-refractivity contribution in [2.24, 2.45) is 16.8 Å². The predicted molar refractivity (Wildman–Crippen MR) is 116 cm³/mol. The summed E-state index contributed by atoms with van der Waals surface area (Å²) >= 11 is 0. The summed E-state index contributed by atoms with van der Waals surface area (Å²) in [6.45, 7) is 12.5. The van der Waals surface area contributed by atoms with Crippen molar-refractivity contribution in [3.63, 3.8) is 0 Å². The van der Waals surface area contributed by atoms with E-state index in [1.54, 1.807) is 0 Å². The van der Waals surface area contributed by atoms with Crippen molar-refractivity contribution >= 4 is 35.8 Å². The van der Waals surface area contributed by atoms with Crippen molar-refractivity contribution in [2.75, 3.05) is 39.3 Å². The zero-order chi connectivity index (χ0) is 17.4. The smallest absolute Gasteiger partial charge is 0.222 e. The van der Waals surface area contributed by atoms with E-state index in [0.717, 1.165) is 76.3 Å². The highest BCUT2D eigenvalue weighted by Gasteiger charge is 2.29. The zero-order valence-electron chi connectivity index (χ0n) is 16.3. The lowest BCUT2D eigenvalue weighted by Crippen LogP contribution is -2.40. The van der Waals surface area contributed by atoms with Crippen molar-refractivity contribution in [3.8, 4) is 0 Å². The number of hydrogen-bond acceptors (Lipinski definition) is 2. The predicted octanol–water partition coefficient (Wildman–Crippen LogP) is 3.34. The molecule has 0 aromatic carbocycles. The molecule has 6 heteroatoms. The van der Waals surface area contributed by atoms with Gasteiger partial charge in [-0.05, 0) is 38.0 Å². The second kappa shape index (κ2) is 12.0. The molecular weight excluding hydrogens is 427 g/mol. The molecule has 1 N–H and O–H groups in total. The molecule has 0 spiro atoms.